The molecule has 0 aliphatic rings. The molecule has 0 spiro atoms. The van der Waals surface area contributed by atoms with Crippen molar-refractivity contribution >= 4 is 11.9 Å². The molecule has 3 amide bonds. The Labute approximate surface area is 91.0 Å². The number of hydrogen-bond donors (Lipinski definition) is 2. The normalized spacial score (nSPS) is 10.1. The molecule has 5 nitrogen and oxygen atoms in total. The van der Waals surface area contributed by atoms with E-state index in [0.717, 1.165) is 12.8 Å². The highest BCUT2D eigenvalue weighted by Gasteiger charge is 2.15. The Morgan fingerprint density at radius 2 is 2.00 bits per heavy atom. The van der Waals surface area contributed by atoms with Crippen LogP contribution in [0.4, 0.5) is 4.79 Å². The SMILES string of the molecule is CCCCN(CC(N)=O)C(=O)NC(C)C. The highest BCUT2D eigenvalue weighted by atomic mass is 16.2. The molecule has 0 aromatic carbocycles. The van der Waals surface area contributed by atoms with E-state index < -0.39 is 5.91 Å². The molecule has 15 heavy (non-hydrogen) atoms. The summed E-state index contributed by atoms with van der Waals surface area (Å²) in [6.07, 6.45) is 1.85. The van der Waals surface area contributed by atoms with Gasteiger partial charge in [-0.15, -0.1) is 0 Å². The van der Waals surface area contributed by atoms with Crippen LogP contribution >= 0.6 is 0 Å². The highest BCUT2D eigenvalue weighted by molar-refractivity contribution is 5.83. The molecular formula is C10H21N3O2. The van der Waals surface area contributed by atoms with E-state index >= 15 is 0 Å². The summed E-state index contributed by atoms with van der Waals surface area (Å²) >= 11 is 0. The van der Waals surface area contributed by atoms with Gasteiger partial charge in [-0.1, -0.05) is 13.3 Å². The van der Waals surface area contributed by atoms with Gasteiger partial charge in [0.25, 0.3) is 0 Å². The second kappa shape index (κ2) is 7.09. The molecule has 0 aromatic heterocycles. The minimum Gasteiger partial charge on any atom is -0.368 e. The number of carbonyl (C=O) groups excluding carboxylic acids is 2. The van der Waals surface area contributed by atoms with Crippen LogP contribution in [0.1, 0.15) is 33.6 Å². The van der Waals surface area contributed by atoms with E-state index in [-0.39, 0.29) is 18.6 Å². The third-order valence-corrected chi connectivity index (χ3v) is 1.83. The second-order valence-corrected chi connectivity index (χ2v) is 3.85. The van der Waals surface area contributed by atoms with Gasteiger partial charge in [-0.05, 0) is 20.3 Å². The summed E-state index contributed by atoms with van der Waals surface area (Å²) < 4.78 is 0. The number of amides is 3. The maximum Gasteiger partial charge on any atom is 0.318 e. The molecule has 0 bridgehead atoms. The van der Waals surface area contributed by atoms with Crippen LogP contribution in [0.2, 0.25) is 0 Å². The van der Waals surface area contributed by atoms with E-state index in [1.807, 2.05) is 20.8 Å². The first kappa shape index (κ1) is 13.7. The number of nitrogens with one attached hydrogen (secondary N) is 1. The fourth-order valence-electron chi connectivity index (χ4n) is 1.13. The van der Waals surface area contributed by atoms with Gasteiger partial charge in [0.2, 0.25) is 5.91 Å². The number of unbranched alkanes of at least 4 members (excludes halogenated alkanes) is 1. The van der Waals surface area contributed by atoms with E-state index in [4.69, 9.17) is 5.73 Å². The molecule has 0 radical (unpaired) electrons. The molecule has 3 N–H and O–H groups in total. The molecule has 0 fully saturated rings. The molecule has 0 heterocycles. The van der Waals surface area contributed by atoms with Crippen LogP contribution in [0.5, 0.6) is 0 Å². The van der Waals surface area contributed by atoms with Crippen LogP contribution in [-0.4, -0.2) is 36.0 Å². The zero-order valence-electron chi connectivity index (χ0n) is 9.75. The van der Waals surface area contributed by atoms with Crippen molar-refractivity contribution in [2.24, 2.45) is 5.73 Å². The Morgan fingerprint density at radius 1 is 1.40 bits per heavy atom. The summed E-state index contributed by atoms with van der Waals surface area (Å²) in [6, 6.07) is -0.160. The summed E-state index contributed by atoms with van der Waals surface area (Å²) in [5.74, 6) is -0.481. The summed E-state index contributed by atoms with van der Waals surface area (Å²) in [6.45, 7) is 6.33. The van der Waals surface area contributed by atoms with Crippen molar-refractivity contribution in [3.63, 3.8) is 0 Å². The molecule has 0 saturated heterocycles. The molecule has 0 unspecified atom stereocenters. The van der Waals surface area contributed by atoms with E-state index in [2.05, 4.69) is 5.32 Å². The zero-order chi connectivity index (χ0) is 11.8. The molecule has 0 saturated carbocycles. The number of urea groups is 1. The predicted octanol–water partition coefficient (Wildman–Crippen LogP) is 0.692. The Morgan fingerprint density at radius 3 is 2.40 bits per heavy atom. The van der Waals surface area contributed by atoms with Crippen molar-refractivity contribution in [3.8, 4) is 0 Å². The van der Waals surface area contributed by atoms with Crippen LogP contribution < -0.4 is 11.1 Å². The lowest BCUT2D eigenvalue weighted by Gasteiger charge is -2.22. The summed E-state index contributed by atoms with van der Waals surface area (Å²) in [5, 5.41) is 2.74. The average molecular weight is 215 g/mol. The summed E-state index contributed by atoms with van der Waals surface area (Å²) in [5.41, 5.74) is 5.07. The standard InChI is InChI=1S/C10H21N3O2/c1-4-5-6-13(7-9(11)14)10(15)12-8(2)3/h8H,4-7H2,1-3H3,(H2,11,14)(H,12,15). The van der Waals surface area contributed by atoms with Crippen LogP contribution in [0.15, 0.2) is 0 Å². The smallest absolute Gasteiger partial charge is 0.318 e. The average Bonchev–Trinajstić information content (AvgIpc) is 2.10. The summed E-state index contributed by atoms with van der Waals surface area (Å²) in [4.78, 5) is 23.8. The Hall–Kier alpha value is -1.26. The number of hydrogen-bond acceptors (Lipinski definition) is 2. The number of nitrogens with zero attached hydrogens (tertiary/aromatic N) is 1. The number of nitrogens with two attached hydrogens (primary N) is 1. The lowest BCUT2D eigenvalue weighted by molar-refractivity contribution is -0.118. The lowest BCUT2D eigenvalue weighted by atomic mass is 10.3. The van der Waals surface area contributed by atoms with E-state index in [0.29, 0.717) is 6.54 Å². The number of rotatable bonds is 6. The molecule has 5 heteroatoms. The van der Waals surface area contributed by atoms with Gasteiger partial charge in [-0.25, -0.2) is 4.79 Å². The van der Waals surface area contributed by atoms with Gasteiger partial charge in [-0.3, -0.25) is 4.79 Å². The quantitative estimate of drug-likeness (QED) is 0.684. The zero-order valence-corrected chi connectivity index (χ0v) is 9.75. The number of carbonyl (C=O) groups is 2. The van der Waals surface area contributed by atoms with Gasteiger partial charge in [-0.2, -0.15) is 0 Å². The third kappa shape index (κ3) is 6.76. The van der Waals surface area contributed by atoms with Crippen LogP contribution in [-0.2, 0) is 4.79 Å². The third-order valence-electron chi connectivity index (χ3n) is 1.83. The molecule has 0 aromatic rings. The van der Waals surface area contributed by atoms with Crippen molar-refractivity contribution < 1.29 is 9.59 Å². The Bertz CT molecular complexity index is 217. The van der Waals surface area contributed by atoms with Crippen LogP contribution in [0.25, 0.3) is 0 Å². The van der Waals surface area contributed by atoms with E-state index in [9.17, 15) is 9.59 Å². The van der Waals surface area contributed by atoms with Gasteiger partial charge < -0.3 is 16.0 Å². The van der Waals surface area contributed by atoms with E-state index in [1.165, 1.54) is 4.90 Å². The van der Waals surface area contributed by atoms with Gasteiger partial charge in [0.1, 0.15) is 6.54 Å². The minimum atomic E-state index is -0.481. The largest absolute Gasteiger partial charge is 0.368 e. The topological polar surface area (TPSA) is 75.4 Å². The molecule has 0 atom stereocenters. The van der Waals surface area contributed by atoms with Crippen LogP contribution in [0, 0.1) is 0 Å². The Kier molecular flexibility index (Phi) is 6.49. The fraction of sp³-hybridized carbons (Fsp3) is 0.800. The maximum atomic E-state index is 11.6. The fourth-order valence-corrected chi connectivity index (χ4v) is 1.13. The Balaban J connectivity index is 4.20. The summed E-state index contributed by atoms with van der Waals surface area (Å²) in [7, 11) is 0. The first-order valence-electron chi connectivity index (χ1n) is 5.31. The first-order chi connectivity index (χ1) is 6.97. The van der Waals surface area contributed by atoms with Crippen molar-refractivity contribution in [1.82, 2.24) is 10.2 Å². The molecule has 0 aliphatic carbocycles. The van der Waals surface area contributed by atoms with Crippen molar-refractivity contribution in [1.29, 1.82) is 0 Å². The monoisotopic (exact) mass is 215 g/mol. The molecule has 0 aliphatic heterocycles. The van der Waals surface area contributed by atoms with Gasteiger partial charge in [0.05, 0.1) is 0 Å². The minimum absolute atomic E-state index is 0.0153. The van der Waals surface area contributed by atoms with Crippen molar-refractivity contribution in [3.05, 3.63) is 0 Å². The maximum absolute atomic E-state index is 11.6. The molecule has 88 valence electrons. The van der Waals surface area contributed by atoms with E-state index in [1.54, 1.807) is 0 Å². The van der Waals surface area contributed by atoms with Gasteiger partial charge in [0, 0.05) is 12.6 Å². The molecular weight excluding hydrogens is 194 g/mol. The molecule has 0 rings (SSSR count). The second-order valence-electron chi connectivity index (χ2n) is 3.85. The number of primary amides is 1. The lowest BCUT2D eigenvalue weighted by Crippen LogP contribution is -2.46. The van der Waals surface area contributed by atoms with Crippen molar-refractivity contribution in [2.75, 3.05) is 13.1 Å². The van der Waals surface area contributed by atoms with Gasteiger partial charge >= 0.3 is 6.03 Å². The predicted molar refractivity (Wildman–Crippen MR) is 59.3 cm³/mol. The van der Waals surface area contributed by atoms with Crippen molar-refractivity contribution in [2.45, 2.75) is 39.7 Å². The van der Waals surface area contributed by atoms with Gasteiger partial charge in [0.15, 0.2) is 0 Å². The highest BCUT2D eigenvalue weighted by Crippen LogP contribution is 1.96. The first-order valence-corrected chi connectivity index (χ1v) is 5.31. The van der Waals surface area contributed by atoms with Crippen LogP contribution in [0.3, 0.4) is 0 Å².